The van der Waals surface area contributed by atoms with Gasteiger partial charge in [-0.3, -0.25) is 10.1 Å². The van der Waals surface area contributed by atoms with Crippen LogP contribution in [0.1, 0.15) is 0 Å². The Bertz CT molecular complexity index is 755. The first kappa shape index (κ1) is 13.9. The molecule has 0 radical (unpaired) electrons. The van der Waals surface area contributed by atoms with E-state index < -0.39 is 0 Å². The molecule has 6 nitrogen and oxygen atoms in total. The zero-order valence-electron chi connectivity index (χ0n) is 11.8. The maximum Gasteiger partial charge on any atom is 0.311 e. The Morgan fingerprint density at radius 1 is 1.32 bits per heavy atom. The maximum absolute atomic E-state index is 11.5. The van der Waals surface area contributed by atoms with Crippen LogP contribution in [0.4, 0.5) is 11.4 Å². The van der Waals surface area contributed by atoms with E-state index in [2.05, 4.69) is 31.1 Å². The first-order chi connectivity index (χ1) is 10.6. The lowest BCUT2D eigenvalue weighted by atomic mass is 10.0. The van der Waals surface area contributed by atoms with Gasteiger partial charge in [-0.1, -0.05) is 15.9 Å². The molecule has 2 aromatic rings. The molecule has 0 unspecified atom stereocenters. The molecule has 0 saturated carbocycles. The highest BCUT2D eigenvalue weighted by Gasteiger charge is 2.38. The van der Waals surface area contributed by atoms with E-state index in [1.54, 1.807) is 0 Å². The molecule has 22 heavy (non-hydrogen) atoms. The summed E-state index contributed by atoms with van der Waals surface area (Å²) >= 11 is 3.46. The second-order valence-electron chi connectivity index (χ2n) is 5.99. The van der Waals surface area contributed by atoms with Crippen molar-refractivity contribution in [2.24, 2.45) is 11.8 Å². The zero-order valence-corrected chi connectivity index (χ0v) is 13.4. The molecule has 1 aromatic heterocycles. The minimum atomic E-state index is -0.324. The van der Waals surface area contributed by atoms with Gasteiger partial charge in [0.15, 0.2) is 0 Å². The number of nitrogens with one attached hydrogen (secondary N) is 1. The molecule has 2 saturated heterocycles. The minimum absolute atomic E-state index is 0.0959. The third-order valence-corrected chi connectivity index (χ3v) is 5.18. The highest BCUT2D eigenvalue weighted by Crippen LogP contribution is 2.40. The average molecular weight is 363 g/mol. The van der Waals surface area contributed by atoms with E-state index in [9.17, 15) is 10.1 Å². The molecular weight excluding hydrogens is 348 g/mol. The number of nitrogens with zero attached hydrogens (tertiary/aromatic N) is 3. The van der Waals surface area contributed by atoms with Crippen LogP contribution in [-0.2, 0) is 0 Å². The van der Waals surface area contributed by atoms with E-state index in [-0.39, 0.29) is 10.6 Å². The molecule has 4 rings (SSSR count). The van der Waals surface area contributed by atoms with E-state index in [1.807, 2.05) is 18.2 Å². The Kier molecular flexibility index (Phi) is 3.27. The Balaban J connectivity index is 1.88. The van der Waals surface area contributed by atoms with Gasteiger partial charge in [-0.25, -0.2) is 4.98 Å². The molecule has 2 atom stereocenters. The molecular formula is C15H15BrN4O2. The number of benzene rings is 1. The second kappa shape index (κ2) is 5.17. The van der Waals surface area contributed by atoms with Crippen molar-refractivity contribution >= 4 is 38.2 Å². The zero-order chi connectivity index (χ0) is 15.3. The van der Waals surface area contributed by atoms with E-state index in [1.165, 1.54) is 6.20 Å². The number of aromatic nitrogens is 1. The van der Waals surface area contributed by atoms with Gasteiger partial charge in [-0.2, -0.15) is 0 Å². The van der Waals surface area contributed by atoms with Crippen LogP contribution in [0.15, 0.2) is 28.9 Å². The lowest BCUT2D eigenvalue weighted by Crippen LogP contribution is -2.26. The van der Waals surface area contributed by atoms with Crippen LogP contribution >= 0.6 is 15.9 Å². The number of hydrogen-bond donors (Lipinski definition) is 1. The van der Waals surface area contributed by atoms with Crippen molar-refractivity contribution < 1.29 is 4.92 Å². The van der Waals surface area contributed by atoms with Crippen LogP contribution in [0.3, 0.4) is 0 Å². The van der Waals surface area contributed by atoms with E-state index in [4.69, 9.17) is 0 Å². The minimum Gasteiger partial charge on any atom is -0.365 e. The molecule has 1 N–H and O–H groups in total. The van der Waals surface area contributed by atoms with Crippen LogP contribution in [0.5, 0.6) is 0 Å². The first-order valence-corrected chi connectivity index (χ1v) is 8.11. The van der Waals surface area contributed by atoms with Crippen LogP contribution in [0.2, 0.25) is 0 Å². The van der Waals surface area contributed by atoms with Gasteiger partial charge < -0.3 is 10.2 Å². The van der Waals surface area contributed by atoms with Gasteiger partial charge in [0.05, 0.1) is 10.4 Å². The molecule has 0 aliphatic carbocycles. The standard InChI is InChI=1S/C15H15BrN4O2/c16-11-1-2-13-12(3-11)15(14(6-18-13)20(21)22)19-7-9-4-17-5-10(9)8-19/h1-3,6,9-10,17H,4-5,7-8H2/t9-,10+. The van der Waals surface area contributed by atoms with Gasteiger partial charge in [0, 0.05) is 36.0 Å². The third-order valence-electron chi connectivity index (χ3n) is 4.68. The van der Waals surface area contributed by atoms with Crippen molar-refractivity contribution in [1.29, 1.82) is 0 Å². The summed E-state index contributed by atoms with van der Waals surface area (Å²) in [5.41, 5.74) is 1.60. The number of halogens is 1. The summed E-state index contributed by atoms with van der Waals surface area (Å²) in [5, 5.41) is 15.7. The van der Waals surface area contributed by atoms with E-state index in [0.29, 0.717) is 17.5 Å². The summed E-state index contributed by atoms with van der Waals surface area (Å²) in [6.07, 6.45) is 1.39. The first-order valence-electron chi connectivity index (χ1n) is 7.32. The largest absolute Gasteiger partial charge is 0.365 e. The highest BCUT2D eigenvalue weighted by molar-refractivity contribution is 9.10. The lowest BCUT2D eigenvalue weighted by Gasteiger charge is -2.21. The molecule has 0 spiro atoms. The second-order valence-corrected chi connectivity index (χ2v) is 6.91. The number of hydrogen-bond acceptors (Lipinski definition) is 5. The summed E-state index contributed by atoms with van der Waals surface area (Å²) in [6, 6.07) is 5.73. The topological polar surface area (TPSA) is 71.3 Å². The molecule has 2 aliphatic rings. The summed E-state index contributed by atoms with van der Waals surface area (Å²) in [7, 11) is 0. The molecule has 7 heteroatoms. The fourth-order valence-electron chi connectivity index (χ4n) is 3.64. The Morgan fingerprint density at radius 3 is 2.73 bits per heavy atom. The normalized spacial score (nSPS) is 24.0. The van der Waals surface area contributed by atoms with Gasteiger partial charge in [0.2, 0.25) is 0 Å². The Labute approximate surface area is 135 Å². The summed E-state index contributed by atoms with van der Waals surface area (Å²) in [6.45, 7) is 3.73. The van der Waals surface area contributed by atoms with Crippen LogP contribution in [0.25, 0.3) is 10.9 Å². The highest BCUT2D eigenvalue weighted by atomic mass is 79.9. The number of pyridine rings is 1. The van der Waals surface area contributed by atoms with Gasteiger partial charge in [-0.15, -0.1) is 0 Å². The number of fused-ring (bicyclic) bond motifs is 2. The molecule has 114 valence electrons. The summed E-state index contributed by atoms with van der Waals surface area (Å²) in [4.78, 5) is 17.6. The van der Waals surface area contributed by atoms with Gasteiger partial charge in [0.25, 0.3) is 0 Å². The predicted octanol–water partition coefficient (Wildman–Crippen LogP) is 2.56. The average Bonchev–Trinajstić information content (AvgIpc) is 3.06. The quantitative estimate of drug-likeness (QED) is 0.656. The van der Waals surface area contributed by atoms with Crippen molar-refractivity contribution in [3.05, 3.63) is 39.0 Å². The predicted molar refractivity (Wildman–Crippen MR) is 88.2 cm³/mol. The van der Waals surface area contributed by atoms with Crippen molar-refractivity contribution in [2.45, 2.75) is 0 Å². The molecule has 0 bridgehead atoms. The third kappa shape index (κ3) is 2.16. The number of nitro groups is 1. The monoisotopic (exact) mass is 362 g/mol. The van der Waals surface area contributed by atoms with Crippen molar-refractivity contribution in [2.75, 3.05) is 31.1 Å². The smallest absolute Gasteiger partial charge is 0.311 e. The molecule has 2 fully saturated rings. The Morgan fingerprint density at radius 2 is 2.05 bits per heavy atom. The number of rotatable bonds is 2. The van der Waals surface area contributed by atoms with Crippen LogP contribution in [0, 0.1) is 22.0 Å². The van der Waals surface area contributed by atoms with Gasteiger partial charge in [0.1, 0.15) is 11.9 Å². The molecule has 0 amide bonds. The van der Waals surface area contributed by atoms with E-state index in [0.717, 1.165) is 41.6 Å². The van der Waals surface area contributed by atoms with Crippen molar-refractivity contribution in [3.8, 4) is 0 Å². The molecule has 1 aromatic carbocycles. The van der Waals surface area contributed by atoms with E-state index >= 15 is 0 Å². The van der Waals surface area contributed by atoms with Crippen LogP contribution in [-0.4, -0.2) is 36.1 Å². The van der Waals surface area contributed by atoms with Crippen molar-refractivity contribution in [1.82, 2.24) is 10.3 Å². The fraction of sp³-hybridized carbons (Fsp3) is 0.400. The molecule has 3 heterocycles. The SMILES string of the molecule is O=[N+]([O-])c1cnc2ccc(Br)cc2c1N1C[C@H]2CNC[C@H]2C1. The Hall–Kier alpha value is -1.73. The van der Waals surface area contributed by atoms with Gasteiger partial charge in [-0.05, 0) is 30.0 Å². The van der Waals surface area contributed by atoms with Crippen molar-refractivity contribution in [3.63, 3.8) is 0 Å². The van der Waals surface area contributed by atoms with Crippen LogP contribution < -0.4 is 10.2 Å². The number of anilines is 1. The fourth-order valence-corrected chi connectivity index (χ4v) is 4.01. The summed E-state index contributed by atoms with van der Waals surface area (Å²) in [5.74, 6) is 1.16. The van der Waals surface area contributed by atoms with Gasteiger partial charge >= 0.3 is 5.69 Å². The maximum atomic E-state index is 11.5. The summed E-state index contributed by atoms with van der Waals surface area (Å²) < 4.78 is 0.907. The molecule has 2 aliphatic heterocycles. The lowest BCUT2D eigenvalue weighted by molar-refractivity contribution is -0.384.